The van der Waals surface area contributed by atoms with Crippen LogP contribution in [0.1, 0.15) is 57.9 Å². The molecule has 2 fully saturated rings. The van der Waals surface area contributed by atoms with E-state index in [4.69, 9.17) is 4.74 Å². The lowest BCUT2D eigenvalue weighted by atomic mass is 9.74. The summed E-state index contributed by atoms with van der Waals surface area (Å²) in [6.45, 7) is 9.58. The summed E-state index contributed by atoms with van der Waals surface area (Å²) in [6, 6.07) is 9.04. The summed E-state index contributed by atoms with van der Waals surface area (Å²) < 4.78 is 5.15. The topological polar surface area (TPSA) is 65.1 Å². The number of amides is 3. The van der Waals surface area contributed by atoms with Gasteiger partial charge in [-0.05, 0) is 63.7 Å². The molecule has 0 bridgehead atoms. The molecule has 0 unspecified atom stereocenters. The molecule has 2 saturated heterocycles. The fraction of sp³-hybridized carbons (Fsp3) is 0.680. The number of piperidine rings is 2. The van der Waals surface area contributed by atoms with E-state index in [0.717, 1.165) is 83.5 Å². The fourth-order valence-electron chi connectivity index (χ4n) is 5.65. The van der Waals surface area contributed by atoms with Crippen molar-refractivity contribution in [2.24, 2.45) is 0 Å². The van der Waals surface area contributed by atoms with Gasteiger partial charge < -0.3 is 19.9 Å². The average molecular weight is 443 g/mol. The smallest absolute Gasteiger partial charge is 0.409 e. The molecular formula is C25H38N4O3. The molecule has 3 amide bonds. The molecule has 4 rings (SSSR count). The zero-order chi connectivity index (χ0) is 22.6. The Morgan fingerprint density at radius 1 is 1.09 bits per heavy atom. The molecule has 0 radical (unpaired) electrons. The van der Waals surface area contributed by atoms with Gasteiger partial charge >= 0.3 is 12.1 Å². The molecule has 32 heavy (non-hydrogen) atoms. The van der Waals surface area contributed by atoms with E-state index in [-0.39, 0.29) is 17.5 Å². The van der Waals surface area contributed by atoms with E-state index in [1.54, 1.807) is 0 Å². The Bertz CT molecular complexity index is 798. The van der Waals surface area contributed by atoms with Crippen molar-refractivity contribution in [2.75, 3.05) is 50.8 Å². The SMILES string of the molecule is CCCCNC(=O)N1CC2(CCN(C3CCN(C(=O)OCC)CC3)CC2)c2ccccc21. The molecule has 1 spiro atoms. The lowest BCUT2D eigenvalue weighted by molar-refractivity contribution is 0.0580. The fourth-order valence-corrected chi connectivity index (χ4v) is 5.65. The van der Waals surface area contributed by atoms with Crippen molar-refractivity contribution >= 4 is 17.8 Å². The lowest BCUT2D eigenvalue weighted by Gasteiger charge is -2.45. The van der Waals surface area contributed by atoms with Crippen molar-refractivity contribution in [3.8, 4) is 0 Å². The maximum atomic E-state index is 12.9. The van der Waals surface area contributed by atoms with Gasteiger partial charge in [-0.1, -0.05) is 31.5 Å². The van der Waals surface area contributed by atoms with Gasteiger partial charge in [-0.25, -0.2) is 9.59 Å². The predicted octanol–water partition coefficient (Wildman–Crippen LogP) is 3.97. The Morgan fingerprint density at radius 3 is 2.50 bits per heavy atom. The van der Waals surface area contributed by atoms with E-state index in [1.165, 1.54) is 5.56 Å². The summed E-state index contributed by atoms with van der Waals surface area (Å²) in [5.74, 6) is 0. The number of fused-ring (bicyclic) bond motifs is 2. The molecule has 0 atom stereocenters. The first-order chi connectivity index (χ1) is 15.6. The number of nitrogens with zero attached hydrogens (tertiary/aromatic N) is 3. The monoisotopic (exact) mass is 442 g/mol. The third-order valence-electron chi connectivity index (χ3n) is 7.54. The maximum Gasteiger partial charge on any atom is 0.409 e. The van der Waals surface area contributed by atoms with Crippen LogP contribution in [0.2, 0.25) is 0 Å². The summed E-state index contributed by atoms with van der Waals surface area (Å²) in [4.78, 5) is 31.3. The van der Waals surface area contributed by atoms with Crippen LogP contribution in [0, 0.1) is 0 Å². The Kier molecular flexibility index (Phi) is 7.23. The van der Waals surface area contributed by atoms with Crippen molar-refractivity contribution in [1.29, 1.82) is 0 Å². The normalized spacial score (nSPS) is 20.9. The maximum absolute atomic E-state index is 12.9. The lowest BCUT2D eigenvalue weighted by Crippen LogP contribution is -2.53. The van der Waals surface area contributed by atoms with Crippen molar-refractivity contribution in [3.63, 3.8) is 0 Å². The van der Waals surface area contributed by atoms with Crippen LogP contribution in [-0.2, 0) is 10.2 Å². The highest BCUT2D eigenvalue weighted by Gasteiger charge is 2.47. The number of rotatable bonds is 5. The van der Waals surface area contributed by atoms with E-state index < -0.39 is 0 Å². The van der Waals surface area contributed by atoms with Crippen LogP contribution in [0.3, 0.4) is 0 Å². The number of para-hydroxylation sites is 1. The molecule has 0 saturated carbocycles. The van der Waals surface area contributed by atoms with Crippen molar-refractivity contribution in [1.82, 2.24) is 15.1 Å². The molecule has 3 aliphatic heterocycles. The zero-order valence-electron chi connectivity index (χ0n) is 19.6. The van der Waals surface area contributed by atoms with E-state index in [9.17, 15) is 9.59 Å². The molecule has 3 aliphatic rings. The Hall–Kier alpha value is -2.28. The predicted molar refractivity (Wildman–Crippen MR) is 126 cm³/mol. The van der Waals surface area contributed by atoms with Gasteiger partial charge in [-0.3, -0.25) is 4.90 Å². The van der Waals surface area contributed by atoms with Crippen LogP contribution in [0.5, 0.6) is 0 Å². The molecule has 1 N–H and O–H groups in total. The van der Waals surface area contributed by atoms with Gasteiger partial charge in [0.15, 0.2) is 0 Å². The molecule has 7 heteroatoms. The second kappa shape index (κ2) is 10.1. The number of benzene rings is 1. The van der Waals surface area contributed by atoms with Crippen LogP contribution in [0.25, 0.3) is 0 Å². The standard InChI is InChI=1S/C25H38N4O3/c1-3-5-14-26-23(30)29-19-25(21-8-6-7-9-22(21)29)12-17-27(18-13-25)20-10-15-28(16-11-20)24(31)32-4-2/h6-9,20H,3-5,10-19H2,1-2H3,(H,26,30). The first-order valence-corrected chi connectivity index (χ1v) is 12.4. The highest BCUT2D eigenvalue weighted by atomic mass is 16.6. The van der Waals surface area contributed by atoms with Crippen molar-refractivity contribution in [3.05, 3.63) is 29.8 Å². The number of likely N-dealkylation sites (tertiary alicyclic amines) is 2. The number of ether oxygens (including phenoxy) is 1. The Balaban J connectivity index is 1.37. The van der Waals surface area contributed by atoms with Crippen LogP contribution in [0.15, 0.2) is 24.3 Å². The quantitative estimate of drug-likeness (QED) is 0.701. The summed E-state index contributed by atoms with van der Waals surface area (Å²) in [6.07, 6.45) is 6.07. The molecular weight excluding hydrogens is 404 g/mol. The second-order valence-electron chi connectivity index (χ2n) is 9.42. The number of carbonyl (C=O) groups is 2. The van der Waals surface area contributed by atoms with Gasteiger partial charge in [-0.15, -0.1) is 0 Å². The minimum absolute atomic E-state index is 0.0385. The highest BCUT2D eigenvalue weighted by molar-refractivity contribution is 5.95. The number of hydrogen-bond donors (Lipinski definition) is 1. The number of anilines is 1. The van der Waals surface area contributed by atoms with E-state index in [1.807, 2.05) is 22.8 Å². The van der Waals surface area contributed by atoms with E-state index in [2.05, 4.69) is 35.3 Å². The first-order valence-electron chi connectivity index (χ1n) is 12.4. The summed E-state index contributed by atoms with van der Waals surface area (Å²) in [5.41, 5.74) is 2.47. The number of carbonyl (C=O) groups excluding carboxylic acids is 2. The van der Waals surface area contributed by atoms with Gasteiger partial charge in [0.05, 0.1) is 6.61 Å². The van der Waals surface area contributed by atoms with Crippen LogP contribution in [0.4, 0.5) is 15.3 Å². The van der Waals surface area contributed by atoms with Gasteiger partial charge in [0.2, 0.25) is 0 Å². The number of urea groups is 1. The van der Waals surface area contributed by atoms with Gasteiger partial charge in [-0.2, -0.15) is 0 Å². The summed E-state index contributed by atoms with van der Waals surface area (Å²) in [7, 11) is 0. The number of unbranched alkanes of at least 4 members (excludes halogenated alkanes) is 1. The third-order valence-corrected chi connectivity index (χ3v) is 7.54. The summed E-state index contributed by atoms with van der Waals surface area (Å²) in [5, 5.41) is 3.11. The first kappa shape index (κ1) is 22.9. The Morgan fingerprint density at radius 2 is 1.81 bits per heavy atom. The molecule has 176 valence electrons. The third kappa shape index (κ3) is 4.58. The average Bonchev–Trinajstić information content (AvgIpc) is 3.14. The van der Waals surface area contributed by atoms with E-state index >= 15 is 0 Å². The van der Waals surface area contributed by atoms with Crippen molar-refractivity contribution < 1.29 is 14.3 Å². The zero-order valence-corrected chi connectivity index (χ0v) is 19.6. The molecule has 1 aromatic carbocycles. The van der Waals surface area contributed by atoms with Crippen LogP contribution < -0.4 is 10.2 Å². The number of nitrogens with one attached hydrogen (secondary N) is 1. The highest BCUT2D eigenvalue weighted by Crippen LogP contribution is 2.47. The minimum atomic E-state index is -0.177. The van der Waals surface area contributed by atoms with Crippen molar-refractivity contribution in [2.45, 2.75) is 63.8 Å². The molecule has 0 aliphatic carbocycles. The molecule has 7 nitrogen and oxygen atoms in total. The Labute approximate surface area is 192 Å². The molecule has 1 aromatic rings. The summed E-state index contributed by atoms with van der Waals surface area (Å²) >= 11 is 0. The minimum Gasteiger partial charge on any atom is -0.450 e. The number of hydrogen-bond acceptors (Lipinski definition) is 4. The molecule has 3 heterocycles. The van der Waals surface area contributed by atoms with Gasteiger partial charge in [0.1, 0.15) is 0 Å². The van der Waals surface area contributed by atoms with Gasteiger partial charge in [0, 0.05) is 43.3 Å². The van der Waals surface area contributed by atoms with Gasteiger partial charge in [0.25, 0.3) is 0 Å². The van der Waals surface area contributed by atoms with Crippen LogP contribution in [-0.4, -0.2) is 73.8 Å². The van der Waals surface area contributed by atoms with Crippen LogP contribution >= 0.6 is 0 Å². The second-order valence-corrected chi connectivity index (χ2v) is 9.42. The molecule has 0 aromatic heterocycles. The van der Waals surface area contributed by atoms with E-state index in [0.29, 0.717) is 12.6 Å². The largest absolute Gasteiger partial charge is 0.450 e.